The van der Waals surface area contributed by atoms with Crippen molar-refractivity contribution in [3.8, 4) is 0 Å². The van der Waals surface area contributed by atoms with E-state index >= 15 is 0 Å². The minimum absolute atomic E-state index is 0.195. The molecule has 0 saturated carbocycles. The number of thioether (sulfide) groups is 1. The fraction of sp³-hybridized carbons (Fsp3) is 0.647. The Labute approximate surface area is 150 Å². The second-order valence-corrected chi connectivity index (χ2v) is 7.88. The van der Waals surface area contributed by atoms with Crippen LogP contribution in [0.2, 0.25) is 0 Å². The van der Waals surface area contributed by atoms with Crippen LogP contribution in [0.4, 0.5) is 0 Å². The van der Waals surface area contributed by atoms with Gasteiger partial charge in [0.15, 0.2) is 5.65 Å². The number of aromatic nitrogens is 4. The van der Waals surface area contributed by atoms with E-state index in [-0.39, 0.29) is 23.3 Å². The minimum atomic E-state index is -0.338. The van der Waals surface area contributed by atoms with Crippen LogP contribution < -0.4 is 11.2 Å². The zero-order chi connectivity index (χ0) is 18.1. The third-order valence-electron chi connectivity index (χ3n) is 4.24. The molecule has 1 fully saturated rings. The van der Waals surface area contributed by atoms with Gasteiger partial charge in [0.2, 0.25) is 0 Å². The van der Waals surface area contributed by atoms with E-state index in [1.807, 2.05) is 13.8 Å². The van der Waals surface area contributed by atoms with Crippen LogP contribution in [0.5, 0.6) is 0 Å². The molecule has 2 aromatic rings. The largest absolute Gasteiger partial charge is 0.377 e. The van der Waals surface area contributed by atoms with Gasteiger partial charge in [-0.25, -0.2) is 14.8 Å². The summed E-state index contributed by atoms with van der Waals surface area (Å²) in [5.74, 6) is 1.57. The van der Waals surface area contributed by atoms with E-state index in [1.54, 1.807) is 11.5 Å². The van der Waals surface area contributed by atoms with Gasteiger partial charge in [-0.15, -0.1) is 11.8 Å². The molecule has 0 aromatic carbocycles. The van der Waals surface area contributed by atoms with Gasteiger partial charge in [-0.2, -0.15) is 0 Å². The summed E-state index contributed by atoms with van der Waals surface area (Å²) in [5, 5.41) is 1.06. The van der Waals surface area contributed by atoms with Crippen LogP contribution in [0.1, 0.15) is 32.5 Å². The van der Waals surface area contributed by atoms with E-state index in [0.717, 1.165) is 29.8 Å². The molecule has 0 aliphatic carbocycles. The highest BCUT2D eigenvalue weighted by molar-refractivity contribution is 7.99. The molecule has 1 saturated heterocycles. The third kappa shape index (κ3) is 3.64. The number of ether oxygens (including phenoxy) is 1. The van der Waals surface area contributed by atoms with E-state index in [0.29, 0.717) is 28.4 Å². The van der Waals surface area contributed by atoms with Gasteiger partial charge < -0.3 is 4.74 Å². The summed E-state index contributed by atoms with van der Waals surface area (Å²) < 4.78 is 8.41. The first-order valence-electron chi connectivity index (χ1n) is 8.61. The molecule has 0 amide bonds. The summed E-state index contributed by atoms with van der Waals surface area (Å²) in [6, 6.07) is 0. The Morgan fingerprint density at radius 3 is 2.72 bits per heavy atom. The van der Waals surface area contributed by atoms with E-state index in [9.17, 15) is 9.59 Å². The van der Waals surface area contributed by atoms with Crippen LogP contribution in [0.3, 0.4) is 0 Å². The number of hydrogen-bond donors (Lipinski definition) is 0. The van der Waals surface area contributed by atoms with Crippen molar-refractivity contribution in [1.82, 2.24) is 19.1 Å². The third-order valence-corrected chi connectivity index (χ3v) is 5.35. The van der Waals surface area contributed by atoms with Crippen LogP contribution in [-0.4, -0.2) is 37.6 Å². The second kappa shape index (κ2) is 7.29. The van der Waals surface area contributed by atoms with E-state index < -0.39 is 0 Å². The molecule has 0 N–H and O–H groups in total. The summed E-state index contributed by atoms with van der Waals surface area (Å²) in [6.45, 7) is 7.16. The maximum Gasteiger partial charge on any atom is 0.332 e. The summed E-state index contributed by atoms with van der Waals surface area (Å²) in [7, 11) is 1.51. The Kier molecular flexibility index (Phi) is 5.29. The molecule has 1 aliphatic rings. The van der Waals surface area contributed by atoms with Crippen molar-refractivity contribution in [2.45, 2.75) is 51.3 Å². The van der Waals surface area contributed by atoms with Crippen molar-refractivity contribution >= 4 is 22.8 Å². The molecule has 1 aliphatic heterocycles. The van der Waals surface area contributed by atoms with Crippen molar-refractivity contribution in [3.63, 3.8) is 0 Å². The van der Waals surface area contributed by atoms with Gasteiger partial charge in [0.25, 0.3) is 5.56 Å². The zero-order valence-electron chi connectivity index (χ0n) is 15.1. The first kappa shape index (κ1) is 18.1. The molecule has 0 bridgehead atoms. The number of rotatable bonds is 5. The van der Waals surface area contributed by atoms with E-state index in [1.165, 1.54) is 18.8 Å². The van der Waals surface area contributed by atoms with Crippen LogP contribution in [-0.2, 0) is 18.3 Å². The Balaban J connectivity index is 2.15. The molecule has 2 aromatic heterocycles. The van der Waals surface area contributed by atoms with Gasteiger partial charge in [0.05, 0.1) is 6.10 Å². The molecule has 136 valence electrons. The summed E-state index contributed by atoms with van der Waals surface area (Å²) in [4.78, 5) is 34.2. The lowest BCUT2D eigenvalue weighted by Gasteiger charge is -2.15. The van der Waals surface area contributed by atoms with E-state index in [2.05, 4.69) is 9.97 Å². The molecule has 1 unspecified atom stereocenters. The predicted molar refractivity (Wildman–Crippen MR) is 98.3 cm³/mol. The van der Waals surface area contributed by atoms with Crippen molar-refractivity contribution in [2.24, 2.45) is 13.0 Å². The van der Waals surface area contributed by atoms with E-state index in [4.69, 9.17) is 4.74 Å². The minimum Gasteiger partial charge on any atom is -0.377 e. The topological polar surface area (TPSA) is 79.0 Å². The molecule has 3 rings (SSSR count). The standard InChI is InChI=1S/C17H24N4O3S/c1-10(2)8-21-14-13(16(22)20(4)17(21)23)15(19-11(3)18-14)25-9-12-6-5-7-24-12/h10,12H,5-9H2,1-4H3. The summed E-state index contributed by atoms with van der Waals surface area (Å²) in [6.07, 6.45) is 2.30. The average Bonchev–Trinajstić information content (AvgIpc) is 3.07. The SMILES string of the molecule is Cc1nc(SCC2CCCO2)c2c(=O)n(C)c(=O)n(CC(C)C)c2n1. The predicted octanol–water partition coefficient (Wildman–Crippen LogP) is 1.73. The average molecular weight is 364 g/mol. The Bertz CT molecular complexity index is 897. The molecule has 0 spiro atoms. The van der Waals surface area contributed by atoms with Crippen molar-refractivity contribution in [2.75, 3.05) is 12.4 Å². The lowest BCUT2D eigenvalue weighted by molar-refractivity contribution is 0.129. The molecule has 3 heterocycles. The highest BCUT2D eigenvalue weighted by Gasteiger charge is 2.21. The summed E-state index contributed by atoms with van der Waals surface area (Å²) >= 11 is 1.51. The molecular weight excluding hydrogens is 340 g/mol. The van der Waals surface area contributed by atoms with Gasteiger partial charge >= 0.3 is 5.69 Å². The number of aryl methyl sites for hydroxylation is 1. The quantitative estimate of drug-likeness (QED) is 0.594. The Hall–Kier alpha value is -1.67. The zero-order valence-corrected chi connectivity index (χ0v) is 15.9. The maximum absolute atomic E-state index is 12.7. The fourth-order valence-corrected chi connectivity index (χ4v) is 4.15. The molecule has 7 nitrogen and oxygen atoms in total. The van der Waals surface area contributed by atoms with Crippen LogP contribution in [0.25, 0.3) is 11.0 Å². The van der Waals surface area contributed by atoms with Gasteiger partial charge in [-0.05, 0) is 25.7 Å². The highest BCUT2D eigenvalue weighted by atomic mass is 32.2. The molecule has 8 heteroatoms. The van der Waals surface area contributed by atoms with Gasteiger partial charge in [-0.3, -0.25) is 13.9 Å². The second-order valence-electron chi connectivity index (χ2n) is 6.87. The molecular formula is C17H24N4O3S. The smallest absolute Gasteiger partial charge is 0.332 e. The van der Waals surface area contributed by atoms with Crippen LogP contribution in [0.15, 0.2) is 14.6 Å². The van der Waals surface area contributed by atoms with Gasteiger partial charge in [0.1, 0.15) is 16.2 Å². The van der Waals surface area contributed by atoms with Crippen LogP contribution in [0, 0.1) is 12.8 Å². The Morgan fingerprint density at radius 1 is 1.32 bits per heavy atom. The fourth-order valence-electron chi connectivity index (χ4n) is 3.02. The molecule has 1 atom stereocenters. The molecule has 0 radical (unpaired) electrons. The number of nitrogens with zero attached hydrogens (tertiary/aromatic N) is 4. The number of fused-ring (bicyclic) bond motifs is 1. The first-order valence-corrected chi connectivity index (χ1v) is 9.59. The first-order chi connectivity index (χ1) is 11.9. The highest BCUT2D eigenvalue weighted by Crippen LogP contribution is 2.26. The summed E-state index contributed by atoms with van der Waals surface area (Å²) in [5.41, 5.74) is -0.238. The van der Waals surface area contributed by atoms with Crippen LogP contribution >= 0.6 is 11.8 Å². The monoisotopic (exact) mass is 364 g/mol. The normalized spacial score (nSPS) is 17.7. The Morgan fingerprint density at radius 2 is 2.08 bits per heavy atom. The van der Waals surface area contributed by atoms with Gasteiger partial charge in [-0.1, -0.05) is 13.8 Å². The lowest BCUT2D eigenvalue weighted by Crippen LogP contribution is -2.39. The van der Waals surface area contributed by atoms with Crippen molar-refractivity contribution in [3.05, 3.63) is 26.7 Å². The lowest BCUT2D eigenvalue weighted by atomic mass is 10.2. The maximum atomic E-state index is 12.7. The number of hydrogen-bond acceptors (Lipinski definition) is 6. The van der Waals surface area contributed by atoms with Crippen molar-refractivity contribution in [1.29, 1.82) is 0 Å². The molecule has 25 heavy (non-hydrogen) atoms. The van der Waals surface area contributed by atoms with Crippen molar-refractivity contribution < 1.29 is 4.74 Å². The van der Waals surface area contributed by atoms with Gasteiger partial charge in [0, 0.05) is 26.0 Å².